The number of pyridine rings is 1. The molecule has 0 bridgehead atoms. The highest BCUT2D eigenvalue weighted by molar-refractivity contribution is 5.79. The molecule has 4 heterocycles. The summed E-state index contributed by atoms with van der Waals surface area (Å²) >= 11 is 0. The molecular weight excluding hydrogens is 316 g/mol. The van der Waals surface area contributed by atoms with Crippen LogP contribution in [0.1, 0.15) is 29.0 Å². The van der Waals surface area contributed by atoms with E-state index in [0.717, 1.165) is 55.5 Å². The molecule has 2 saturated heterocycles. The summed E-state index contributed by atoms with van der Waals surface area (Å²) in [5.41, 5.74) is 3.00. The van der Waals surface area contributed by atoms with Crippen LogP contribution in [0.3, 0.4) is 0 Å². The maximum atomic E-state index is 12.7. The first-order valence-electron chi connectivity index (χ1n) is 8.94. The molecule has 0 radical (unpaired) electrons. The van der Waals surface area contributed by atoms with E-state index in [2.05, 4.69) is 21.1 Å². The van der Waals surface area contributed by atoms with Gasteiger partial charge < -0.3 is 9.42 Å². The van der Waals surface area contributed by atoms with Gasteiger partial charge in [0, 0.05) is 50.2 Å². The molecule has 132 valence electrons. The van der Waals surface area contributed by atoms with Crippen LogP contribution in [0.25, 0.3) is 0 Å². The minimum atomic E-state index is 0.182. The number of carbonyl (C=O) groups is 1. The van der Waals surface area contributed by atoms with Gasteiger partial charge in [0.1, 0.15) is 5.76 Å². The molecule has 25 heavy (non-hydrogen) atoms. The molecule has 0 aromatic carbocycles. The van der Waals surface area contributed by atoms with Crippen molar-refractivity contribution in [1.29, 1.82) is 0 Å². The number of aromatic nitrogens is 2. The smallest absolute Gasteiger partial charge is 0.227 e. The van der Waals surface area contributed by atoms with Gasteiger partial charge in [0.25, 0.3) is 0 Å². The van der Waals surface area contributed by atoms with E-state index >= 15 is 0 Å². The predicted molar refractivity (Wildman–Crippen MR) is 92.8 cm³/mol. The fourth-order valence-electron chi connectivity index (χ4n) is 4.06. The van der Waals surface area contributed by atoms with Crippen molar-refractivity contribution in [2.45, 2.75) is 39.3 Å². The predicted octanol–water partition coefficient (Wildman–Crippen LogP) is 1.96. The van der Waals surface area contributed by atoms with Crippen molar-refractivity contribution in [2.24, 2.45) is 5.92 Å². The van der Waals surface area contributed by atoms with Crippen molar-refractivity contribution in [3.05, 3.63) is 47.1 Å². The molecule has 2 aliphatic heterocycles. The Kier molecular flexibility index (Phi) is 4.29. The Bertz CT molecular complexity index is 739. The number of fused-ring (bicyclic) bond motifs is 1. The molecule has 2 aromatic heterocycles. The van der Waals surface area contributed by atoms with Crippen molar-refractivity contribution in [1.82, 2.24) is 19.9 Å². The number of rotatable bonds is 4. The van der Waals surface area contributed by atoms with Crippen LogP contribution >= 0.6 is 0 Å². The Labute approximate surface area is 147 Å². The Morgan fingerprint density at radius 1 is 1.36 bits per heavy atom. The largest absolute Gasteiger partial charge is 0.361 e. The molecule has 4 rings (SSSR count). The third-order valence-electron chi connectivity index (χ3n) is 5.63. The summed E-state index contributed by atoms with van der Waals surface area (Å²) in [6, 6.07) is 4.57. The Morgan fingerprint density at radius 2 is 2.24 bits per heavy atom. The number of piperidine rings is 1. The molecular formula is C19H24N4O2. The fraction of sp³-hybridized carbons (Fsp3) is 0.526. The van der Waals surface area contributed by atoms with Gasteiger partial charge in [-0.15, -0.1) is 0 Å². The van der Waals surface area contributed by atoms with Crippen LogP contribution in [-0.2, 0) is 17.8 Å². The van der Waals surface area contributed by atoms with Gasteiger partial charge in [-0.1, -0.05) is 11.2 Å². The van der Waals surface area contributed by atoms with Gasteiger partial charge in [-0.05, 0) is 37.8 Å². The molecule has 0 N–H and O–H groups in total. The SMILES string of the molecule is Cc1noc(C)c1CC(=O)N1CC[C@@H]2CN(Cc3cccnc3)[C@@H]2C1. The number of aryl methyl sites for hydroxylation is 2. The van der Waals surface area contributed by atoms with Gasteiger partial charge in [0.2, 0.25) is 5.91 Å². The zero-order valence-electron chi connectivity index (χ0n) is 14.8. The third kappa shape index (κ3) is 3.18. The highest BCUT2D eigenvalue weighted by Crippen LogP contribution is 2.33. The van der Waals surface area contributed by atoms with Crippen LogP contribution in [0.5, 0.6) is 0 Å². The topological polar surface area (TPSA) is 62.5 Å². The number of hydrogen-bond donors (Lipinski definition) is 0. The zero-order valence-corrected chi connectivity index (χ0v) is 14.8. The van der Waals surface area contributed by atoms with Crippen LogP contribution in [0, 0.1) is 19.8 Å². The average molecular weight is 340 g/mol. The van der Waals surface area contributed by atoms with E-state index in [1.54, 1.807) is 6.20 Å². The van der Waals surface area contributed by atoms with E-state index in [4.69, 9.17) is 4.52 Å². The first kappa shape index (κ1) is 16.3. The van der Waals surface area contributed by atoms with Gasteiger partial charge in [-0.3, -0.25) is 14.7 Å². The molecule has 2 atom stereocenters. The van der Waals surface area contributed by atoms with Crippen LogP contribution in [-0.4, -0.2) is 51.5 Å². The normalized spacial score (nSPS) is 23.2. The second-order valence-electron chi connectivity index (χ2n) is 7.23. The number of hydrogen-bond acceptors (Lipinski definition) is 5. The number of likely N-dealkylation sites (tertiary alicyclic amines) is 2. The lowest BCUT2D eigenvalue weighted by Gasteiger charge is -2.53. The summed E-state index contributed by atoms with van der Waals surface area (Å²) in [6.07, 6.45) is 5.22. The van der Waals surface area contributed by atoms with Crippen LogP contribution in [0.4, 0.5) is 0 Å². The van der Waals surface area contributed by atoms with Gasteiger partial charge in [0.05, 0.1) is 12.1 Å². The summed E-state index contributed by atoms with van der Waals surface area (Å²) in [4.78, 5) is 21.4. The van der Waals surface area contributed by atoms with Crippen molar-refractivity contribution < 1.29 is 9.32 Å². The van der Waals surface area contributed by atoms with Crippen molar-refractivity contribution in [3.8, 4) is 0 Å². The first-order valence-corrected chi connectivity index (χ1v) is 8.94. The van der Waals surface area contributed by atoms with Crippen LogP contribution in [0.15, 0.2) is 29.0 Å². The maximum absolute atomic E-state index is 12.7. The summed E-state index contributed by atoms with van der Waals surface area (Å²) < 4.78 is 5.18. The molecule has 6 nitrogen and oxygen atoms in total. The summed E-state index contributed by atoms with van der Waals surface area (Å²) in [5.74, 6) is 1.66. The van der Waals surface area contributed by atoms with Crippen molar-refractivity contribution in [3.63, 3.8) is 0 Å². The van der Waals surface area contributed by atoms with E-state index < -0.39 is 0 Å². The Morgan fingerprint density at radius 3 is 2.96 bits per heavy atom. The molecule has 2 aliphatic rings. The molecule has 6 heteroatoms. The highest BCUT2D eigenvalue weighted by Gasteiger charge is 2.43. The van der Waals surface area contributed by atoms with Gasteiger partial charge in [0.15, 0.2) is 0 Å². The number of nitrogens with zero attached hydrogens (tertiary/aromatic N) is 4. The van der Waals surface area contributed by atoms with Crippen molar-refractivity contribution in [2.75, 3.05) is 19.6 Å². The standard InChI is InChI=1S/C19H24N4O2/c1-13-17(14(2)25-21-13)8-19(24)22-7-5-16-11-23(18(16)12-22)10-15-4-3-6-20-9-15/h3-4,6,9,16,18H,5,7-8,10-12H2,1-2H3/t16-,18-/m1/s1. The van der Waals surface area contributed by atoms with E-state index in [9.17, 15) is 4.79 Å². The number of amides is 1. The Balaban J connectivity index is 1.38. The minimum absolute atomic E-state index is 0.182. The quantitative estimate of drug-likeness (QED) is 0.851. The van der Waals surface area contributed by atoms with Crippen molar-refractivity contribution >= 4 is 5.91 Å². The van der Waals surface area contributed by atoms with E-state index in [1.807, 2.05) is 31.0 Å². The second kappa shape index (κ2) is 6.59. The number of carbonyl (C=O) groups excluding carboxylic acids is 1. The monoisotopic (exact) mass is 340 g/mol. The molecule has 0 aliphatic carbocycles. The minimum Gasteiger partial charge on any atom is -0.361 e. The van der Waals surface area contributed by atoms with E-state index in [0.29, 0.717) is 12.5 Å². The summed E-state index contributed by atoms with van der Waals surface area (Å²) in [7, 11) is 0. The molecule has 0 unspecified atom stereocenters. The average Bonchev–Trinajstić information content (AvgIpc) is 2.92. The maximum Gasteiger partial charge on any atom is 0.227 e. The van der Waals surface area contributed by atoms with E-state index in [1.165, 1.54) is 5.56 Å². The first-order chi connectivity index (χ1) is 12.1. The van der Waals surface area contributed by atoms with Gasteiger partial charge in [-0.25, -0.2) is 0 Å². The van der Waals surface area contributed by atoms with Gasteiger partial charge in [-0.2, -0.15) is 0 Å². The highest BCUT2D eigenvalue weighted by atomic mass is 16.5. The van der Waals surface area contributed by atoms with Crippen LogP contribution in [0.2, 0.25) is 0 Å². The third-order valence-corrected chi connectivity index (χ3v) is 5.63. The molecule has 2 aromatic rings. The van der Waals surface area contributed by atoms with E-state index in [-0.39, 0.29) is 5.91 Å². The fourth-order valence-corrected chi connectivity index (χ4v) is 4.06. The lowest BCUT2D eigenvalue weighted by molar-refractivity contribution is -0.138. The van der Waals surface area contributed by atoms with Gasteiger partial charge >= 0.3 is 0 Å². The Hall–Kier alpha value is -2.21. The molecule has 0 spiro atoms. The molecule has 2 fully saturated rings. The molecule has 1 amide bonds. The summed E-state index contributed by atoms with van der Waals surface area (Å²) in [5, 5.41) is 3.95. The second-order valence-corrected chi connectivity index (χ2v) is 7.23. The summed E-state index contributed by atoms with van der Waals surface area (Å²) in [6.45, 7) is 7.51. The lowest BCUT2D eigenvalue weighted by atomic mass is 9.82. The lowest BCUT2D eigenvalue weighted by Crippen LogP contribution is -2.64. The van der Waals surface area contributed by atoms with Crippen LogP contribution < -0.4 is 0 Å². The molecule has 0 saturated carbocycles. The zero-order chi connectivity index (χ0) is 17.4.